The molecular formula is C17H16O3. The summed E-state index contributed by atoms with van der Waals surface area (Å²) in [5.41, 5.74) is 2.76. The standard InChI is InChI=1S/C17H16O3/c1-19-14-6-2-4-12(10-14)11-16(18)15-7-3-5-13-8-9-20-17(13)15/h2-7,10H,8-9,11H2,1H3. The van der Waals surface area contributed by atoms with Crippen molar-refractivity contribution in [3.8, 4) is 11.5 Å². The fourth-order valence-corrected chi connectivity index (χ4v) is 2.50. The molecule has 3 rings (SSSR count). The Bertz CT molecular complexity index is 646. The molecule has 0 amide bonds. The Morgan fingerprint density at radius 1 is 1.25 bits per heavy atom. The number of carbonyl (C=O) groups is 1. The molecule has 0 spiro atoms. The van der Waals surface area contributed by atoms with Crippen molar-refractivity contribution in [3.63, 3.8) is 0 Å². The molecular weight excluding hydrogens is 252 g/mol. The number of Topliss-reactive ketones (excluding diaryl/α,β-unsaturated/α-hetero) is 1. The number of ketones is 1. The van der Waals surface area contributed by atoms with Crippen LogP contribution in [0.4, 0.5) is 0 Å². The predicted molar refractivity (Wildman–Crippen MR) is 76.7 cm³/mol. The van der Waals surface area contributed by atoms with Crippen LogP contribution in [0.25, 0.3) is 0 Å². The second-order valence-corrected chi connectivity index (χ2v) is 4.84. The second-order valence-electron chi connectivity index (χ2n) is 4.84. The van der Waals surface area contributed by atoms with Gasteiger partial charge in [-0.1, -0.05) is 24.3 Å². The highest BCUT2D eigenvalue weighted by Crippen LogP contribution is 2.30. The lowest BCUT2D eigenvalue weighted by Gasteiger charge is -2.08. The van der Waals surface area contributed by atoms with Crippen LogP contribution < -0.4 is 9.47 Å². The maximum Gasteiger partial charge on any atom is 0.170 e. The Hall–Kier alpha value is -2.29. The van der Waals surface area contributed by atoms with E-state index in [0.29, 0.717) is 18.6 Å². The van der Waals surface area contributed by atoms with Crippen molar-refractivity contribution >= 4 is 5.78 Å². The fraction of sp³-hybridized carbons (Fsp3) is 0.235. The third-order valence-corrected chi connectivity index (χ3v) is 3.51. The van der Waals surface area contributed by atoms with Crippen molar-refractivity contribution in [1.82, 2.24) is 0 Å². The molecule has 0 N–H and O–H groups in total. The van der Waals surface area contributed by atoms with E-state index < -0.39 is 0 Å². The molecule has 1 heterocycles. The van der Waals surface area contributed by atoms with Crippen LogP contribution in [0, 0.1) is 0 Å². The summed E-state index contributed by atoms with van der Waals surface area (Å²) in [4.78, 5) is 12.5. The highest BCUT2D eigenvalue weighted by atomic mass is 16.5. The molecule has 0 bridgehead atoms. The number of ether oxygens (including phenoxy) is 2. The quantitative estimate of drug-likeness (QED) is 0.799. The van der Waals surface area contributed by atoms with E-state index in [9.17, 15) is 4.79 Å². The van der Waals surface area contributed by atoms with E-state index in [1.807, 2.05) is 42.5 Å². The minimum atomic E-state index is 0.0806. The molecule has 20 heavy (non-hydrogen) atoms. The molecule has 2 aromatic rings. The van der Waals surface area contributed by atoms with Gasteiger partial charge in [0.15, 0.2) is 5.78 Å². The van der Waals surface area contributed by atoms with Crippen LogP contribution in [-0.2, 0) is 12.8 Å². The number of hydrogen-bond donors (Lipinski definition) is 0. The first-order chi connectivity index (χ1) is 9.78. The van der Waals surface area contributed by atoms with E-state index in [1.165, 1.54) is 0 Å². The maximum absolute atomic E-state index is 12.5. The molecule has 0 saturated heterocycles. The summed E-state index contributed by atoms with van der Waals surface area (Å²) in [6.45, 7) is 0.665. The zero-order chi connectivity index (χ0) is 13.9. The number of methoxy groups -OCH3 is 1. The summed E-state index contributed by atoms with van der Waals surface area (Å²) in [6, 6.07) is 13.4. The van der Waals surface area contributed by atoms with E-state index in [2.05, 4.69) is 0 Å². The molecule has 1 aliphatic rings. The Balaban J connectivity index is 1.85. The lowest BCUT2D eigenvalue weighted by molar-refractivity contribution is 0.0990. The normalized spacial score (nSPS) is 12.7. The molecule has 0 atom stereocenters. The minimum absolute atomic E-state index is 0.0806. The van der Waals surface area contributed by atoms with Crippen LogP contribution in [-0.4, -0.2) is 19.5 Å². The smallest absolute Gasteiger partial charge is 0.170 e. The van der Waals surface area contributed by atoms with Crippen molar-refractivity contribution < 1.29 is 14.3 Å². The second kappa shape index (κ2) is 5.37. The van der Waals surface area contributed by atoms with Crippen LogP contribution in [0.1, 0.15) is 21.5 Å². The number of rotatable bonds is 4. The molecule has 3 heteroatoms. The lowest BCUT2D eigenvalue weighted by Crippen LogP contribution is -2.05. The van der Waals surface area contributed by atoms with E-state index in [4.69, 9.17) is 9.47 Å². The first kappa shape index (κ1) is 12.7. The molecule has 0 saturated carbocycles. The van der Waals surface area contributed by atoms with Crippen molar-refractivity contribution in [3.05, 3.63) is 59.2 Å². The Morgan fingerprint density at radius 3 is 2.95 bits per heavy atom. The number of hydrogen-bond acceptors (Lipinski definition) is 3. The van der Waals surface area contributed by atoms with Crippen LogP contribution >= 0.6 is 0 Å². The van der Waals surface area contributed by atoms with E-state index in [0.717, 1.165) is 29.0 Å². The largest absolute Gasteiger partial charge is 0.497 e. The molecule has 0 aromatic heterocycles. The van der Waals surface area contributed by atoms with Gasteiger partial charge in [0, 0.05) is 12.8 Å². The third kappa shape index (κ3) is 2.39. The van der Waals surface area contributed by atoms with Crippen LogP contribution in [0.2, 0.25) is 0 Å². The van der Waals surface area contributed by atoms with Gasteiger partial charge in [0.05, 0.1) is 19.3 Å². The molecule has 1 aliphatic heterocycles. The van der Waals surface area contributed by atoms with Crippen LogP contribution in [0.5, 0.6) is 11.5 Å². The van der Waals surface area contributed by atoms with Crippen molar-refractivity contribution in [2.45, 2.75) is 12.8 Å². The number of carbonyl (C=O) groups excluding carboxylic acids is 1. The predicted octanol–water partition coefficient (Wildman–Crippen LogP) is 3.06. The highest BCUT2D eigenvalue weighted by molar-refractivity contribution is 6.00. The minimum Gasteiger partial charge on any atom is -0.497 e. The topological polar surface area (TPSA) is 35.5 Å². The average molecular weight is 268 g/mol. The molecule has 102 valence electrons. The summed E-state index contributed by atoms with van der Waals surface area (Å²) >= 11 is 0. The SMILES string of the molecule is COc1cccc(CC(=O)c2cccc3c2OCC3)c1. The highest BCUT2D eigenvalue weighted by Gasteiger charge is 2.20. The molecule has 0 aliphatic carbocycles. The van der Waals surface area contributed by atoms with Gasteiger partial charge in [-0.25, -0.2) is 0 Å². The van der Waals surface area contributed by atoms with Crippen molar-refractivity contribution in [2.24, 2.45) is 0 Å². The summed E-state index contributed by atoms with van der Waals surface area (Å²) in [5.74, 6) is 1.61. The molecule has 0 unspecified atom stereocenters. The summed E-state index contributed by atoms with van der Waals surface area (Å²) < 4.78 is 10.8. The number of para-hydroxylation sites is 1. The van der Waals surface area contributed by atoms with Crippen molar-refractivity contribution in [2.75, 3.05) is 13.7 Å². The van der Waals surface area contributed by atoms with Gasteiger partial charge < -0.3 is 9.47 Å². The first-order valence-electron chi connectivity index (χ1n) is 6.69. The lowest BCUT2D eigenvalue weighted by atomic mass is 10.00. The third-order valence-electron chi connectivity index (χ3n) is 3.51. The van der Waals surface area contributed by atoms with Gasteiger partial charge >= 0.3 is 0 Å². The first-order valence-corrected chi connectivity index (χ1v) is 6.69. The summed E-state index contributed by atoms with van der Waals surface area (Å²) in [7, 11) is 1.62. The molecule has 0 fully saturated rings. The zero-order valence-corrected chi connectivity index (χ0v) is 11.4. The average Bonchev–Trinajstić information content (AvgIpc) is 2.95. The number of benzene rings is 2. The molecule has 0 radical (unpaired) electrons. The number of fused-ring (bicyclic) bond motifs is 1. The maximum atomic E-state index is 12.5. The van der Waals surface area contributed by atoms with Crippen molar-refractivity contribution in [1.29, 1.82) is 0 Å². The van der Waals surface area contributed by atoms with Gasteiger partial charge in [0.2, 0.25) is 0 Å². The summed E-state index contributed by atoms with van der Waals surface area (Å²) in [6.07, 6.45) is 1.24. The van der Waals surface area contributed by atoms with Gasteiger partial charge in [0.25, 0.3) is 0 Å². The molecule has 3 nitrogen and oxygen atoms in total. The monoisotopic (exact) mass is 268 g/mol. The van der Waals surface area contributed by atoms with Gasteiger partial charge in [-0.3, -0.25) is 4.79 Å². The Kier molecular flexibility index (Phi) is 3.42. The Labute approximate surface area is 118 Å². The fourth-order valence-electron chi connectivity index (χ4n) is 2.50. The van der Waals surface area contributed by atoms with Gasteiger partial charge in [-0.05, 0) is 29.3 Å². The summed E-state index contributed by atoms with van der Waals surface area (Å²) in [5, 5.41) is 0. The van der Waals surface area contributed by atoms with Crippen LogP contribution in [0.15, 0.2) is 42.5 Å². The van der Waals surface area contributed by atoms with Gasteiger partial charge in [0.1, 0.15) is 11.5 Å². The van der Waals surface area contributed by atoms with E-state index in [1.54, 1.807) is 7.11 Å². The molecule has 2 aromatic carbocycles. The van der Waals surface area contributed by atoms with Crippen LogP contribution in [0.3, 0.4) is 0 Å². The van der Waals surface area contributed by atoms with Gasteiger partial charge in [-0.15, -0.1) is 0 Å². The zero-order valence-electron chi connectivity index (χ0n) is 11.4. The van der Waals surface area contributed by atoms with E-state index in [-0.39, 0.29) is 5.78 Å². The van der Waals surface area contributed by atoms with E-state index >= 15 is 0 Å². The Morgan fingerprint density at radius 2 is 2.10 bits per heavy atom. The van der Waals surface area contributed by atoms with Gasteiger partial charge in [-0.2, -0.15) is 0 Å².